The Bertz CT molecular complexity index is 1250. The van der Waals surface area contributed by atoms with E-state index in [-0.39, 0.29) is 17.5 Å². The van der Waals surface area contributed by atoms with Crippen LogP contribution in [0.5, 0.6) is 0 Å². The molecule has 1 amide bonds. The Kier molecular flexibility index (Phi) is 5.44. The number of nitrogens with zero attached hydrogens (tertiary/aromatic N) is 3. The van der Waals surface area contributed by atoms with E-state index >= 15 is 0 Å². The van der Waals surface area contributed by atoms with E-state index in [1.165, 1.54) is 4.68 Å². The number of nitrogens with one attached hydrogen (secondary N) is 1. The van der Waals surface area contributed by atoms with E-state index in [2.05, 4.69) is 10.4 Å². The Morgan fingerprint density at radius 2 is 1.97 bits per heavy atom. The van der Waals surface area contributed by atoms with Gasteiger partial charge in [-0.2, -0.15) is 5.10 Å². The SMILES string of the molecule is CCc1nn(CCCC(=O)NC(C)c2ccccc2)c(=O)c2cc3oc(C)cc3n12. The maximum atomic E-state index is 12.9. The lowest BCUT2D eigenvalue weighted by molar-refractivity contribution is -0.121. The van der Waals surface area contributed by atoms with E-state index < -0.39 is 0 Å². The third kappa shape index (κ3) is 3.75. The second-order valence-electron chi connectivity index (χ2n) is 7.57. The van der Waals surface area contributed by atoms with Crippen LogP contribution in [-0.2, 0) is 17.8 Å². The highest BCUT2D eigenvalue weighted by molar-refractivity contribution is 5.83. The van der Waals surface area contributed by atoms with Crippen LogP contribution in [0.25, 0.3) is 16.6 Å². The van der Waals surface area contributed by atoms with Gasteiger partial charge in [-0.15, -0.1) is 0 Å². The largest absolute Gasteiger partial charge is 0.460 e. The molecular formula is C23H26N4O3. The average molecular weight is 406 g/mol. The van der Waals surface area contributed by atoms with Gasteiger partial charge in [0.1, 0.15) is 17.1 Å². The molecule has 30 heavy (non-hydrogen) atoms. The Hall–Kier alpha value is -3.35. The third-order valence-corrected chi connectivity index (χ3v) is 5.33. The molecule has 1 aromatic carbocycles. The topological polar surface area (TPSA) is 81.5 Å². The van der Waals surface area contributed by atoms with Crippen LogP contribution in [0.15, 0.2) is 51.7 Å². The molecule has 3 heterocycles. The molecular weight excluding hydrogens is 380 g/mol. The highest BCUT2D eigenvalue weighted by Crippen LogP contribution is 2.23. The van der Waals surface area contributed by atoms with Gasteiger partial charge in [0, 0.05) is 31.5 Å². The number of hydrogen-bond acceptors (Lipinski definition) is 4. The molecule has 0 aliphatic rings. The molecule has 0 fully saturated rings. The summed E-state index contributed by atoms with van der Waals surface area (Å²) in [6.45, 7) is 6.25. The molecule has 7 nitrogen and oxygen atoms in total. The summed E-state index contributed by atoms with van der Waals surface area (Å²) < 4.78 is 9.02. The molecule has 7 heteroatoms. The predicted octanol–water partition coefficient (Wildman–Crippen LogP) is 3.77. The van der Waals surface area contributed by atoms with Crippen molar-refractivity contribution in [2.45, 2.75) is 52.6 Å². The molecule has 0 bridgehead atoms. The van der Waals surface area contributed by atoms with Crippen molar-refractivity contribution < 1.29 is 9.21 Å². The summed E-state index contributed by atoms with van der Waals surface area (Å²) in [5, 5.41) is 7.56. The molecule has 1 atom stereocenters. The summed E-state index contributed by atoms with van der Waals surface area (Å²) >= 11 is 0. The summed E-state index contributed by atoms with van der Waals surface area (Å²) in [6, 6.07) is 13.5. The zero-order valence-electron chi connectivity index (χ0n) is 17.5. The third-order valence-electron chi connectivity index (χ3n) is 5.33. The van der Waals surface area contributed by atoms with Crippen molar-refractivity contribution in [3.05, 3.63) is 70.0 Å². The molecule has 0 aliphatic heterocycles. The van der Waals surface area contributed by atoms with Crippen molar-refractivity contribution in [1.29, 1.82) is 0 Å². The van der Waals surface area contributed by atoms with Crippen LogP contribution in [-0.4, -0.2) is 20.1 Å². The summed E-state index contributed by atoms with van der Waals surface area (Å²) in [7, 11) is 0. The summed E-state index contributed by atoms with van der Waals surface area (Å²) in [5.41, 5.74) is 3.00. The van der Waals surface area contributed by atoms with E-state index in [1.807, 2.05) is 61.6 Å². The first-order valence-corrected chi connectivity index (χ1v) is 10.3. The molecule has 1 N–H and O–H groups in total. The lowest BCUT2D eigenvalue weighted by Crippen LogP contribution is -2.29. The van der Waals surface area contributed by atoms with Gasteiger partial charge in [0.25, 0.3) is 5.56 Å². The van der Waals surface area contributed by atoms with Gasteiger partial charge in [-0.25, -0.2) is 4.68 Å². The van der Waals surface area contributed by atoms with Gasteiger partial charge in [0.15, 0.2) is 5.58 Å². The summed E-state index contributed by atoms with van der Waals surface area (Å²) in [5.74, 6) is 1.56. The fraction of sp³-hybridized carbons (Fsp3) is 0.348. The fourth-order valence-electron chi connectivity index (χ4n) is 3.82. The number of carbonyl (C=O) groups excluding carboxylic acids is 1. The Morgan fingerprint density at radius 3 is 2.70 bits per heavy atom. The first-order chi connectivity index (χ1) is 14.5. The molecule has 0 radical (unpaired) electrons. The quantitative estimate of drug-likeness (QED) is 0.507. The Morgan fingerprint density at radius 1 is 1.20 bits per heavy atom. The number of furan rings is 1. The normalized spacial score (nSPS) is 12.5. The second-order valence-corrected chi connectivity index (χ2v) is 7.57. The summed E-state index contributed by atoms with van der Waals surface area (Å²) in [4.78, 5) is 25.2. The molecule has 1 unspecified atom stereocenters. The highest BCUT2D eigenvalue weighted by atomic mass is 16.3. The number of hydrogen-bond donors (Lipinski definition) is 1. The van der Waals surface area contributed by atoms with Crippen molar-refractivity contribution in [1.82, 2.24) is 19.5 Å². The zero-order chi connectivity index (χ0) is 21.3. The average Bonchev–Trinajstić information content (AvgIpc) is 3.27. The lowest BCUT2D eigenvalue weighted by atomic mass is 10.1. The van der Waals surface area contributed by atoms with Gasteiger partial charge >= 0.3 is 0 Å². The Balaban J connectivity index is 1.47. The van der Waals surface area contributed by atoms with Crippen LogP contribution in [0.2, 0.25) is 0 Å². The van der Waals surface area contributed by atoms with E-state index in [9.17, 15) is 9.59 Å². The van der Waals surface area contributed by atoms with E-state index in [0.717, 1.165) is 22.7 Å². The molecule has 4 aromatic rings. The number of aromatic nitrogens is 3. The summed E-state index contributed by atoms with van der Waals surface area (Å²) in [6.07, 6.45) is 1.55. The van der Waals surface area contributed by atoms with Gasteiger partial charge < -0.3 is 9.73 Å². The standard InChI is InChI=1S/C23H26N4O3/c1-4-21-25-26(23(29)19-14-20-18(27(19)21)13-15(2)30-20)12-8-11-22(28)24-16(3)17-9-6-5-7-10-17/h5-7,9-10,13-14,16H,4,8,11-12H2,1-3H3,(H,24,28). The number of rotatable bonds is 7. The van der Waals surface area contributed by atoms with Crippen molar-refractivity contribution in [3.8, 4) is 0 Å². The van der Waals surface area contributed by atoms with Crippen molar-refractivity contribution in [2.24, 2.45) is 0 Å². The van der Waals surface area contributed by atoms with E-state index in [0.29, 0.717) is 36.9 Å². The van der Waals surface area contributed by atoms with Gasteiger partial charge in [-0.1, -0.05) is 37.3 Å². The Labute approximate surface area is 174 Å². The number of amides is 1. The van der Waals surface area contributed by atoms with Gasteiger partial charge in [0.2, 0.25) is 5.91 Å². The van der Waals surface area contributed by atoms with Crippen molar-refractivity contribution in [3.63, 3.8) is 0 Å². The molecule has 0 spiro atoms. The van der Waals surface area contributed by atoms with Crippen LogP contribution < -0.4 is 10.9 Å². The zero-order valence-corrected chi connectivity index (χ0v) is 17.5. The smallest absolute Gasteiger partial charge is 0.291 e. The van der Waals surface area contributed by atoms with E-state index in [1.54, 1.807) is 6.07 Å². The van der Waals surface area contributed by atoms with Gasteiger partial charge in [-0.3, -0.25) is 14.0 Å². The first-order valence-electron chi connectivity index (χ1n) is 10.3. The molecule has 156 valence electrons. The maximum absolute atomic E-state index is 12.9. The first kappa shape index (κ1) is 19.9. The van der Waals surface area contributed by atoms with Gasteiger partial charge in [0.05, 0.1) is 11.6 Å². The molecule has 0 saturated heterocycles. The second kappa shape index (κ2) is 8.18. The van der Waals surface area contributed by atoms with Crippen LogP contribution in [0.4, 0.5) is 0 Å². The fourth-order valence-corrected chi connectivity index (χ4v) is 3.82. The number of aryl methyl sites for hydroxylation is 3. The van der Waals surface area contributed by atoms with Crippen LogP contribution in [0, 0.1) is 6.92 Å². The van der Waals surface area contributed by atoms with Crippen LogP contribution in [0.1, 0.15) is 49.9 Å². The van der Waals surface area contributed by atoms with Crippen molar-refractivity contribution >= 4 is 22.5 Å². The highest BCUT2D eigenvalue weighted by Gasteiger charge is 2.16. The van der Waals surface area contributed by atoms with E-state index in [4.69, 9.17) is 4.42 Å². The predicted molar refractivity (Wildman–Crippen MR) is 116 cm³/mol. The maximum Gasteiger partial charge on any atom is 0.291 e. The van der Waals surface area contributed by atoms with Crippen LogP contribution in [0.3, 0.4) is 0 Å². The molecule has 0 saturated carbocycles. The molecule has 0 aliphatic carbocycles. The number of benzene rings is 1. The number of carbonyl (C=O) groups is 1. The minimum atomic E-state index is -0.172. The minimum absolute atomic E-state index is 0.0353. The minimum Gasteiger partial charge on any atom is -0.460 e. The monoisotopic (exact) mass is 406 g/mol. The number of fused-ring (bicyclic) bond motifs is 3. The van der Waals surface area contributed by atoms with Gasteiger partial charge in [-0.05, 0) is 25.8 Å². The van der Waals surface area contributed by atoms with Crippen molar-refractivity contribution in [2.75, 3.05) is 0 Å². The molecule has 3 aromatic heterocycles. The molecule has 4 rings (SSSR count). The van der Waals surface area contributed by atoms with Crippen LogP contribution >= 0.6 is 0 Å². The lowest BCUT2D eigenvalue weighted by Gasteiger charge is -2.14.